The molecule has 2 aromatic carbocycles. The molecule has 6 nitrogen and oxygen atoms in total. The predicted octanol–water partition coefficient (Wildman–Crippen LogP) is 4.45. The van der Waals surface area contributed by atoms with Crippen molar-refractivity contribution in [3.05, 3.63) is 77.6 Å². The Hall–Kier alpha value is -3.54. The Morgan fingerprint density at radius 2 is 1.79 bits per heavy atom. The topological polar surface area (TPSA) is 72.5 Å². The van der Waals surface area contributed by atoms with Crippen LogP contribution in [0, 0.1) is 13.8 Å². The summed E-state index contributed by atoms with van der Waals surface area (Å²) < 4.78 is 10.8. The van der Waals surface area contributed by atoms with Crippen LogP contribution in [0.3, 0.4) is 0 Å². The highest BCUT2D eigenvalue weighted by Gasteiger charge is 2.10. The van der Waals surface area contributed by atoms with Gasteiger partial charge in [-0.15, -0.1) is 0 Å². The van der Waals surface area contributed by atoms with Gasteiger partial charge in [-0.25, -0.2) is 0 Å². The minimum atomic E-state index is -0.190. The van der Waals surface area contributed by atoms with E-state index >= 15 is 0 Å². The molecule has 1 aromatic heterocycles. The fraction of sp³-hybridized carbons (Fsp3) is 0.217. The van der Waals surface area contributed by atoms with E-state index in [2.05, 4.69) is 15.6 Å². The van der Waals surface area contributed by atoms with Gasteiger partial charge in [0, 0.05) is 24.6 Å². The van der Waals surface area contributed by atoms with Gasteiger partial charge >= 0.3 is 0 Å². The summed E-state index contributed by atoms with van der Waals surface area (Å²) in [7, 11) is 1.63. The highest BCUT2D eigenvalue weighted by molar-refractivity contribution is 6.05. The Bertz CT molecular complexity index is 971. The molecule has 0 aliphatic heterocycles. The van der Waals surface area contributed by atoms with Crippen LogP contribution in [0.1, 0.15) is 21.5 Å². The van der Waals surface area contributed by atoms with E-state index in [1.807, 2.05) is 56.3 Å². The minimum Gasteiger partial charge on any atom is -0.497 e. The van der Waals surface area contributed by atoms with Gasteiger partial charge in [0.1, 0.15) is 18.1 Å². The number of amides is 1. The number of ether oxygens (including phenoxy) is 2. The first kappa shape index (κ1) is 20.2. The molecule has 1 heterocycles. The Balaban J connectivity index is 1.53. The highest BCUT2D eigenvalue weighted by Crippen LogP contribution is 2.20. The third-order valence-electron chi connectivity index (χ3n) is 4.61. The molecule has 0 bridgehead atoms. The number of aryl methyl sites for hydroxylation is 1. The van der Waals surface area contributed by atoms with Crippen molar-refractivity contribution >= 4 is 17.3 Å². The molecule has 150 valence electrons. The summed E-state index contributed by atoms with van der Waals surface area (Å²) in [5.74, 6) is 1.37. The number of rotatable bonds is 8. The van der Waals surface area contributed by atoms with Gasteiger partial charge in [-0.3, -0.25) is 9.78 Å². The summed E-state index contributed by atoms with van der Waals surface area (Å²) in [6, 6.07) is 15.0. The number of aromatic nitrogens is 1. The van der Waals surface area contributed by atoms with Gasteiger partial charge < -0.3 is 20.1 Å². The van der Waals surface area contributed by atoms with E-state index < -0.39 is 0 Å². The number of hydrogen-bond acceptors (Lipinski definition) is 5. The lowest BCUT2D eigenvalue weighted by molar-refractivity contribution is 0.102. The van der Waals surface area contributed by atoms with Crippen molar-refractivity contribution in [2.75, 3.05) is 30.9 Å². The maximum Gasteiger partial charge on any atom is 0.257 e. The zero-order valence-electron chi connectivity index (χ0n) is 16.9. The molecule has 0 radical (unpaired) electrons. The van der Waals surface area contributed by atoms with Gasteiger partial charge in [0.2, 0.25) is 0 Å². The van der Waals surface area contributed by atoms with Gasteiger partial charge in [-0.05, 0) is 61.4 Å². The first-order chi connectivity index (χ1) is 14.1. The number of hydrogen-bond donors (Lipinski definition) is 2. The zero-order valence-corrected chi connectivity index (χ0v) is 16.9. The van der Waals surface area contributed by atoms with Crippen LogP contribution in [0.25, 0.3) is 0 Å². The van der Waals surface area contributed by atoms with Crippen molar-refractivity contribution in [3.8, 4) is 11.5 Å². The lowest BCUT2D eigenvalue weighted by Gasteiger charge is -2.12. The van der Waals surface area contributed by atoms with Crippen LogP contribution in [-0.4, -0.2) is 31.2 Å². The van der Waals surface area contributed by atoms with E-state index in [0.717, 1.165) is 34.0 Å². The van der Waals surface area contributed by atoms with Gasteiger partial charge in [0.15, 0.2) is 0 Å². The normalized spacial score (nSPS) is 10.3. The zero-order chi connectivity index (χ0) is 20.6. The second-order valence-electron chi connectivity index (χ2n) is 6.61. The van der Waals surface area contributed by atoms with Crippen molar-refractivity contribution in [2.24, 2.45) is 0 Å². The highest BCUT2D eigenvalue weighted by atomic mass is 16.5. The van der Waals surface area contributed by atoms with Crippen molar-refractivity contribution in [3.63, 3.8) is 0 Å². The van der Waals surface area contributed by atoms with Crippen LogP contribution >= 0.6 is 0 Å². The van der Waals surface area contributed by atoms with E-state index in [0.29, 0.717) is 18.7 Å². The fourth-order valence-corrected chi connectivity index (χ4v) is 2.78. The van der Waals surface area contributed by atoms with Gasteiger partial charge in [0.25, 0.3) is 5.91 Å². The Morgan fingerprint density at radius 3 is 2.55 bits per heavy atom. The molecule has 0 aliphatic carbocycles. The summed E-state index contributed by atoms with van der Waals surface area (Å²) >= 11 is 0. The third kappa shape index (κ3) is 5.48. The minimum absolute atomic E-state index is 0.190. The number of carbonyl (C=O) groups is 1. The number of pyridine rings is 1. The average molecular weight is 391 g/mol. The van der Waals surface area contributed by atoms with Gasteiger partial charge in [0.05, 0.1) is 18.4 Å². The second-order valence-corrected chi connectivity index (χ2v) is 6.61. The smallest absolute Gasteiger partial charge is 0.257 e. The predicted molar refractivity (Wildman–Crippen MR) is 115 cm³/mol. The van der Waals surface area contributed by atoms with Crippen molar-refractivity contribution in [1.29, 1.82) is 0 Å². The van der Waals surface area contributed by atoms with E-state index in [-0.39, 0.29) is 5.91 Å². The number of methoxy groups -OCH3 is 1. The molecule has 2 N–H and O–H groups in total. The summed E-state index contributed by atoms with van der Waals surface area (Å²) in [5.41, 5.74) is 4.25. The fourth-order valence-electron chi connectivity index (χ4n) is 2.78. The van der Waals surface area contributed by atoms with Crippen LogP contribution in [0.2, 0.25) is 0 Å². The Kier molecular flexibility index (Phi) is 6.68. The molecule has 0 spiro atoms. The molecule has 1 amide bonds. The molecular weight excluding hydrogens is 366 g/mol. The summed E-state index contributed by atoms with van der Waals surface area (Å²) in [6.45, 7) is 5.07. The lowest BCUT2D eigenvalue weighted by atomic mass is 10.1. The second kappa shape index (κ2) is 9.59. The molecule has 0 saturated carbocycles. The molecule has 3 rings (SSSR count). The van der Waals surface area contributed by atoms with E-state index in [4.69, 9.17) is 9.47 Å². The number of carbonyl (C=O) groups excluding carboxylic acids is 1. The SMILES string of the molecule is COc1ccc(OCCNc2cncc(C(=O)Nc3cccc(C)c3C)c2)cc1. The monoisotopic (exact) mass is 391 g/mol. The molecule has 3 aromatic rings. The van der Waals surface area contributed by atoms with Crippen molar-refractivity contribution < 1.29 is 14.3 Å². The number of benzene rings is 2. The molecule has 0 atom stereocenters. The number of anilines is 2. The average Bonchev–Trinajstić information content (AvgIpc) is 2.75. The van der Waals surface area contributed by atoms with Crippen LogP contribution < -0.4 is 20.1 Å². The molecule has 0 unspecified atom stereocenters. The number of nitrogens with one attached hydrogen (secondary N) is 2. The Morgan fingerprint density at radius 1 is 1.03 bits per heavy atom. The molecule has 0 saturated heterocycles. The largest absolute Gasteiger partial charge is 0.497 e. The van der Waals surface area contributed by atoms with E-state index in [1.165, 1.54) is 0 Å². The lowest BCUT2D eigenvalue weighted by Crippen LogP contribution is -2.15. The molecule has 29 heavy (non-hydrogen) atoms. The molecular formula is C23H25N3O3. The third-order valence-corrected chi connectivity index (χ3v) is 4.61. The van der Waals surface area contributed by atoms with Crippen LogP contribution in [0.5, 0.6) is 11.5 Å². The van der Waals surface area contributed by atoms with Crippen molar-refractivity contribution in [2.45, 2.75) is 13.8 Å². The molecule has 6 heteroatoms. The summed E-state index contributed by atoms with van der Waals surface area (Å²) in [5, 5.41) is 6.18. The quantitative estimate of drug-likeness (QED) is 0.555. The van der Waals surface area contributed by atoms with Gasteiger partial charge in [-0.2, -0.15) is 0 Å². The van der Waals surface area contributed by atoms with E-state index in [9.17, 15) is 4.79 Å². The van der Waals surface area contributed by atoms with Gasteiger partial charge in [-0.1, -0.05) is 12.1 Å². The van der Waals surface area contributed by atoms with E-state index in [1.54, 1.807) is 25.6 Å². The first-order valence-corrected chi connectivity index (χ1v) is 9.40. The Labute approximate surface area is 170 Å². The first-order valence-electron chi connectivity index (χ1n) is 9.40. The van der Waals surface area contributed by atoms with Crippen LogP contribution in [-0.2, 0) is 0 Å². The summed E-state index contributed by atoms with van der Waals surface area (Å²) in [4.78, 5) is 16.7. The molecule has 0 fully saturated rings. The van der Waals surface area contributed by atoms with Crippen LogP contribution in [0.4, 0.5) is 11.4 Å². The standard InChI is InChI=1S/C23H25N3O3/c1-16-5-4-6-22(17(16)2)26-23(27)18-13-19(15-24-14-18)25-11-12-29-21-9-7-20(28-3)8-10-21/h4-10,13-15,25H,11-12H2,1-3H3,(H,26,27). The summed E-state index contributed by atoms with van der Waals surface area (Å²) in [6.07, 6.45) is 3.24. The number of nitrogens with zero attached hydrogens (tertiary/aromatic N) is 1. The maximum absolute atomic E-state index is 12.6. The molecule has 0 aliphatic rings. The van der Waals surface area contributed by atoms with Crippen molar-refractivity contribution in [1.82, 2.24) is 4.98 Å². The maximum atomic E-state index is 12.6. The van der Waals surface area contributed by atoms with Crippen LogP contribution in [0.15, 0.2) is 60.9 Å².